The number of anilines is 12. The van der Waals surface area contributed by atoms with E-state index in [-0.39, 0.29) is 0 Å². The molecule has 16 aromatic carbocycles. The van der Waals surface area contributed by atoms with Crippen molar-refractivity contribution in [1.82, 2.24) is 0 Å². The van der Waals surface area contributed by atoms with Crippen molar-refractivity contribution in [2.75, 3.05) is 19.6 Å². The lowest BCUT2D eigenvalue weighted by Crippen LogP contribution is -2.10. The van der Waals surface area contributed by atoms with E-state index in [2.05, 4.69) is 397 Å². The normalized spacial score (nSPS) is 11.5. The van der Waals surface area contributed by atoms with Gasteiger partial charge in [-0.15, -0.1) is 45.3 Å². The van der Waals surface area contributed by atoms with Crippen LogP contribution in [-0.4, -0.2) is 0 Å². The number of benzene rings is 16. The summed E-state index contributed by atoms with van der Waals surface area (Å²) in [4.78, 5) is 9.57. The van der Waals surface area contributed by atoms with Crippen molar-refractivity contribution < 1.29 is 0 Å². The maximum absolute atomic E-state index is 2.46. The zero-order valence-corrected chi connectivity index (χ0v) is 59.4. The Morgan fingerprint density at radius 1 is 0.194 bits per heavy atom. The summed E-state index contributed by atoms with van der Waals surface area (Å²) in [5.74, 6) is 0. The third-order valence-electron chi connectivity index (χ3n) is 19.7. The fourth-order valence-electron chi connectivity index (χ4n) is 15.1. The lowest BCUT2D eigenvalue weighted by molar-refractivity contribution is 1.29. The molecule has 0 fully saturated rings. The molecule has 0 aliphatic carbocycles. The molecule has 0 spiro atoms. The van der Waals surface area contributed by atoms with Crippen molar-refractivity contribution in [3.8, 4) is 11.1 Å². The van der Waals surface area contributed by atoms with Crippen LogP contribution in [0.15, 0.2) is 370 Å². The van der Waals surface area contributed by atoms with Crippen molar-refractivity contribution >= 4 is 205 Å². The number of rotatable bonds is 13. The maximum atomic E-state index is 2.46. The van der Waals surface area contributed by atoms with E-state index in [0.717, 1.165) is 62.6 Å². The topological polar surface area (TPSA) is 13.0 Å². The molecule has 20 aromatic rings. The monoisotopic (exact) mass is 1390 g/mol. The quantitative estimate of drug-likeness (QED) is 0.114. The second kappa shape index (κ2) is 26.4. The molecule has 0 saturated carbocycles. The first-order valence-electron chi connectivity index (χ1n) is 34.8. The van der Waals surface area contributed by atoms with Crippen LogP contribution in [0.3, 0.4) is 0 Å². The Balaban J connectivity index is 0.000000142. The van der Waals surface area contributed by atoms with Gasteiger partial charge in [-0.2, -0.15) is 0 Å². The van der Waals surface area contributed by atoms with Crippen LogP contribution in [0.25, 0.3) is 103 Å². The number of hydrogen-bond acceptors (Lipinski definition) is 8. The molecule has 488 valence electrons. The van der Waals surface area contributed by atoms with E-state index in [1.165, 1.54) is 114 Å². The van der Waals surface area contributed by atoms with Crippen molar-refractivity contribution in [1.29, 1.82) is 0 Å². The molecule has 0 N–H and O–H groups in total. The summed E-state index contributed by atoms with van der Waals surface area (Å²) in [5, 5.41) is 12.9. The van der Waals surface area contributed by atoms with Crippen LogP contribution in [0.5, 0.6) is 0 Å². The van der Waals surface area contributed by atoms with Gasteiger partial charge in [0.25, 0.3) is 0 Å². The van der Waals surface area contributed by atoms with E-state index in [0.29, 0.717) is 0 Å². The standard InChI is InChI=1S/C48H32N2S2.C47H32N2S2/c1-5-15-33(16-6-1)41-31-39(50(36-21-11-4-12-22-36)37-25-27-45-42(29-37)40-23-13-14-24-44(40)51-45)32-47-48(41)43-30-38(26-28-46(43)52-47)49(34-17-7-2-8-18-34)35-19-9-3-10-20-35;1-31-27-36(29-45-46(31)41-28-35(25-26-44(41)50-45)48(32-15-5-2-6-16-32)33-17-7-3-8-18-33)49(34-19-9-4-10-20-34)42-30-40-38-22-13-14-24-43(38)51-47(40)39-23-12-11-21-37(39)42/h1-32H;2-30H,1H3. The first-order valence-corrected chi connectivity index (χ1v) is 38.0. The molecule has 0 bridgehead atoms. The first-order chi connectivity index (χ1) is 51.0. The molecule has 0 aliphatic heterocycles. The third-order valence-corrected chi connectivity index (χ3v) is 24.3. The van der Waals surface area contributed by atoms with Gasteiger partial charge in [-0.3, -0.25) is 0 Å². The molecular formula is C95H64N4S4. The first kappa shape index (κ1) is 61.9. The van der Waals surface area contributed by atoms with E-state index < -0.39 is 0 Å². The lowest BCUT2D eigenvalue weighted by atomic mass is 9.97. The summed E-state index contributed by atoms with van der Waals surface area (Å²) >= 11 is 7.49. The van der Waals surface area contributed by atoms with Gasteiger partial charge in [0.15, 0.2) is 0 Å². The molecule has 4 nitrogen and oxygen atoms in total. The number of para-hydroxylation sites is 6. The molecule has 4 aromatic heterocycles. The summed E-state index contributed by atoms with van der Waals surface area (Å²) in [7, 11) is 0. The Kier molecular flexibility index (Phi) is 15.9. The summed E-state index contributed by atoms with van der Waals surface area (Å²) < 4.78 is 10.4. The Morgan fingerprint density at radius 3 is 1.03 bits per heavy atom. The van der Waals surface area contributed by atoms with Crippen LogP contribution in [0, 0.1) is 6.92 Å². The minimum Gasteiger partial charge on any atom is -0.310 e. The van der Waals surface area contributed by atoms with E-state index >= 15 is 0 Å². The number of hydrogen-bond donors (Lipinski definition) is 0. The second-order valence-corrected chi connectivity index (χ2v) is 30.3. The molecule has 4 heterocycles. The Labute approximate surface area is 613 Å². The Bertz CT molecular complexity index is 6430. The van der Waals surface area contributed by atoms with Gasteiger partial charge in [0.2, 0.25) is 0 Å². The van der Waals surface area contributed by atoms with E-state index in [9.17, 15) is 0 Å². The Hall–Kier alpha value is -12.1. The van der Waals surface area contributed by atoms with Gasteiger partial charge in [0.05, 0.1) is 5.69 Å². The minimum absolute atomic E-state index is 1.13. The van der Waals surface area contributed by atoms with Crippen molar-refractivity contribution in [2.45, 2.75) is 6.92 Å². The van der Waals surface area contributed by atoms with Gasteiger partial charge in [-0.1, -0.05) is 200 Å². The predicted octanol–water partition coefficient (Wildman–Crippen LogP) is 29.9. The minimum atomic E-state index is 1.13. The van der Waals surface area contributed by atoms with Crippen LogP contribution in [0.4, 0.5) is 68.2 Å². The van der Waals surface area contributed by atoms with Gasteiger partial charge in [-0.25, -0.2) is 0 Å². The highest BCUT2D eigenvalue weighted by Gasteiger charge is 2.25. The lowest BCUT2D eigenvalue weighted by Gasteiger charge is -2.28. The molecule has 103 heavy (non-hydrogen) atoms. The van der Waals surface area contributed by atoms with Crippen molar-refractivity contribution in [3.63, 3.8) is 0 Å². The van der Waals surface area contributed by atoms with E-state index in [1.807, 2.05) is 45.3 Å². The molecule has 0 saturated heterocycles. The highest BCUT2D eigenvalue weighted by Crippen LogP contribution is 2.52. The average molecular weight is 1390 g/mol. The third kappa shape index (κ3) is 11.3. The number of thiophene rings is 4. The largest absolute Gasteiger partial charge is 0.310 e. The van der Waals surface area contributed by atoms with Crippen LogP contribution in [0.2, 0.25) is 0 Å². The summed E-state index contributed by atoms with van der Waals surface area (Å²) in [6.07, 6.45) is 0. The van der Waals surface area contributed by atoms with Crippen LogP contribution >= 0.6 is 45.3 Å². The van der Waals surface area contributed by atoms with Crippen LogP contribution < -0.4 is 19.6 Å². The smallest absolute Gasteiger partial charge is 0.0547 e. The van der Waals surface area contributed by atoms with Gasteiger partial charge in [0.1, 0.15) is 0 Å². The van der Waals surface area contributed by atoms with Crippen LogP contribution in [0.1, 0.15) is 5.56 Å². The van der Waals surface area contributed by atoms with Gasteiger partial charge < -0.3 is 19.6 Å². The Morgan fingerprint density at radius 2 is 0.534 bits per heavy atom. The van der Waals surface area contributed by atoms with Crippen molar-refractivity contribution in [3.05, 3.63) is 376 Å². The molecular weight excluding hydrogens is 1330 g/mol. The van der Waals surface area contributed by atoms with Gasteiger partial charge in [0, 0.05) is 154 Å². The number of fused-ring (bicyclic) bond motifs is 14. The zero-order chi connectivity index (χ0) is 68.3. The molecule has 0 atom stereocenters. The number of aryl methyl sites for hydroxylation is 1. The van der Waals surface area contributed by atoms with Crippen LogP contribution in [-0.2, 0) is 0 Å². The SMILES string of the molecule is Cc1cc(N(c2ccccc2)c2cc3c4ccccc4sc3c3ccccc23)cc2sc3ccc(N(c4ccccc4)c4ccccc4)cc3c12.c1ccc(-c2cc(N(c3ccccc3)c3ccc4sc5ccccc5c4c3)cc3sc4ccc(N(c5ccccc5)c5ccccc5)cc4c23)cc1. The van der Waals surface area contributed by atoms with E-state index in [4.69, 9.17) is 0 Å². The molecule has 0 aliphatic rings. The maximum Gasteiger partial charge on any atom is 0.0547 e. The fourth-order valence-corrected chi connectivity index (χ4v) is 19.8. The summed E-state index contributed by atoms with van der Waals surface area (Å²) in [5.41, 5.74) is 17.4. The average Bonchev–Trinajstić information content (AvgIpc) is 1.66. The molecule has 8 heteroatoms. The van der Waals surface area contributed by atoms with Crippen molar-refractivity contribution in [2.24, 2.45) is 0 Å². The highest BCUT2D eigenvalue weighted by molar-refractivity contribution is 7.27. The summed E-state index contributed by atoms with van der Waals surface area (Å²) in [6, 6.07) is 134. The molecule has 0 amide bonds. The molecule has 0 unspecified atom stereocenters. The van der Waals surface area contributed by atoms with E-state index in [1.54, 1.807) is 0 Å². The number of nitrogens with zero attached hydrogens (tertiary/aromatic N) is 4. The summed E-state index contributed by atoms with van der Waals surface area (Å²) in [6.45, 7) is 2.27. The second-order valence-electron chi connectivity index (χ2n) is 26.0. The molecule has 20 rings (SSSR count). The fraction of sp³-hybridized carbons (Fsp3) is 0.0105. The van der Waals surface area contributed by atoms with Gasteiger partial charge >= 0.3 is 0 Å². The zero-order valence-electron chi connectivity index (χ0n) is 56.1. The highest BCUT2D eigenvalue weighted by atomic mass is 32.1. The molecule has 0 radical (unpaired) electrons. The van der Waals surface area contributed by atoms with Gasteiger partial charge in [-0.05, 0) is 193 Å². The predicted molar refractivity (Wildman–Crippen MR) is 451 cm³/mol.